The third-order valence-electron chi connectivity index (χ3n) is 3.07. The Bertz CT molecular complexity index is 391. The van der Waals surface area contributed by atoms with Gasteiger partial charge in [-0.05, 0) is 26.7 Å². The van der Waals surface area contributed by atoms with Gasteiger partial charge in [0.05, 0.1) is 29.7 Å². The summed E-state index contributed by atoms with van der Waals surface area (Å²) in [5.74, 6) is -0.0550. The number of ether oxygens (including phenoxy) is 1. The molecule has 3 N–H and O–H groups in total. The minimum atomic E-state index is -0.0550. The zero-order chi connectivity index (χ0) is 13.0. The Kier molecular flexibility index (Phi) is 4.33. The van der Waals surface area contributed by atoms with E-state index in [4.69, 9.17) is 4.74 Å². The Morgan fingerprint density at radius 3 is 3.00 bits per heavy atom. The topological polar surface area (TPSA) is 79.0 Å². The van der Waals surface area contributed by atoms with Crippen molar-refractivity contribution in [2.45, 2.75) is 32.8 Å². The SMILES string of the molecule is Cc1n[nH]c(C)c1NC(=O)CNCC1CCCO1. The first-order valence-corrected chi connectivity index (χ1v) is 6.30. The van der Waals surface area contributed by atoms with Crippen LogP contribution in [0.2, 0.25) is 0 Å². The van der Waals surface area contributed by atoms with Crippen LogP contribution in [-0.4, -0.2) is 41.9 Å². The van der Waals surface area contributed by atoms with Crippen molar-refractivity contribution in [3.05, 3.63) is 11.4 Å². The number of nitrogens with zero attached hydrogens (tertiary/aromatic N) is 1. The number of amides is 1. The van der Waals surface area contributed by atoms with Crippen LogP contribution in [-0.2, 0) is 9.53 Å². The molecule has 1 unspecified atom stereocenters. The lowest BCUT2D eigenvalue weighted by Gasteiger charge is -2.10. The molecular formula is C12H20N4O2. The van der Waals surface area contributed by atoms with E-state index in [1.54, 1.807) is 0 Å². The van der Waals surface area contributed by atoms with Crippen LogP contribution >= 0.6 is 0 Å². The smallest absolute Gasteiger partial charge is 0.238 e. The van der Waals surface area contributed by atoms with Gasteiger partial charge in [0.2, 0.25) is 5.91 Å². The molecule has 0 saturated carbocycles. The van der Waals surface area contributed by atoms with Crippen molar-refractivity contribution < 1.29 is 9.53 Å². The van der Waals surface area contributed by atoms with Gasteiger partial charge in [-0.3, -0.25) is 9.89 Å². The minimum absolute atomic E-state index is 0.0550. The Morgan fingerprint density at radius 1 is 1.56 bits per heavy atom. The molecule has 1 aromatic heterocycles. The Balaban J connectivity index is 1.72. The molecule has 1 atom stereocenters. The predicted octanol–water partition coefficient (Wildman–Crippen LogP) is 0.734. The number of hydrogen-bond acceptors (Lipinski definition) is 4. The first kappa shape index (κ1) is 13.0. The lowest BCUT2D eigenvalue weighted by Crippen LogP contribution is -2.33. The fourth-order valence-electron chi connectivity index (χ4n) is 2.07. The standard InChI is InChI=1S/C12H20N4O2/c1-8-12(9(2)16-15-8)14-11(17)7-13-6-10-4-3-5-18-10/h10,13H,3-7H2,1-2H3,(H,14,17)(H,15,16). The molecule has 0 radical (unpaired) electrons. The molecule has 0 spiro atoms. The van der Waals surface area contributed by atoms with Crippen LogP contribution in [0.1, 0.15) is 24.2 Å². The maximum Gasteiger partial charge on any atom is 0.238 e. The van der Waals surface area contributed by atoms with Crippen molar-refractivity contribution in [3.8, 4) is 0 Å². The van der Waals surface area contributed by atoms with E-state index in [1.807, 2.05) is 13.8 Å². The zero-order valence-corrected chi connectivity index (χ0v) is 10.9. The number of H-pyrrole nitrogens is 1. The van der Waals surface area contributed by atoms with Crippen LogP contribution in [0, 0.1) is 13.8 Å². The molecule has 100 valence electrons. The molecule has 18 heavy (non-hydrogen) atoms. The van der Waals surface area contributed by atoms with E-state index in [0.29, 0.717) is 6.54 Å². The fraction of sp³-hybridized carbons (Fsp3) is 0.667. The second-order valence-corrected chi connectivity index (χ2v) is 4.62. The largest absolute Gasteiger partial charge is 0.377 e. The number of anilines is 1. The monoisotopic (exact) mass is 252 g/mol. The normalized spacial score (nSPS) is 19.1. The second kappa shape index (κ2) is 5.97. The lowest BCUT2D eigenvalue weighted by molar-refractivity contribution is -0.115. The van der Waals surface area contributed by atoms with Crippen LogP contribution in [0.15, 0.2) is 0 Å². The number of aromatic amines is 1. The number of aromatic nitrogens is 2. The van der Waals surface area contributed by atoms with Gasteiger partial charge in [0.25, 0.3) is 0 Å². The van der Waals surface area contributed by atoms with Gasteiger partial charge < -0.3 is 15.4 Å². The van der Waals surface area contributed by atoms with Crippen LogP contribution < -0.4 is 10.6 Å². The molecular weight excluding hydrogens is 232 g/mol. The van der Waals surface area contributed by atoms with Crippen molar-refractivity contribution in [1.29, 1.82) is 0 Å². The molecule has 1 saturated heterocycles. The van der Waals surface area contributed by atoms with Crippen LogP contribution in [0.3, 0.4) is 0 Å². The molecule has 6 nitrogen and oxygen atoms in total. The number of carbonyl (C=O) groups is 1. The molecule has 0 aromatic carbocycles. The summed E-state index contributed by atoms with van der Waals surface area (Å²) in [7, 11) is 0. The highest BCUT2D eigenvalue weighted by molar-refractivity contribution is 5.93. The number of hydrogen-bond donors (Lipinski definition) is 3. The Hall–Kier alpha value is -1.40. The first-order valence-electron chi connectivity index (χ1n) is 6.30. The van der Waals surface area contributed by atoms with E-state index in [1.165, 1.54) is 0 Å². The van der Waals surface area contributed by atoms with E-state index < -0.39 is 0 Å². The quantitative estimate of drug-likeness (QED) is 0.722. The molecule has 2 rings (SSSR count). The van der Waals surface area contributed by atoms with Crippen LogP contribution in [0.25, 0.3) is 0 Å². The molecule has 1 aliphatic heterocycles. The third-order valence-corrected chi connectivity index (χ3v) is 3.07. The maximum absolute atomic E-state index is 11.7. The summed E-state index contributed by atoms with van der Waals surface area (Å²) >= 11 is 0. The third kappa shape index (κ3) is 3.30. The predicted molar refractivity (Wildman–Crippen MR) is 68.5 cm³/mol. The first-order chi connectivity index (χ1) is 8.66. The van der Waals surface area contributed by atoms with Gasteiger partial charge >= 0.3 is 0 Å². The highest BCUT2D eigenvalue weighted by atomic mass is 16.5. The van der Waals surface area contributed by atoms with Gasteiger partial charge in [0, 0.05) is 13.2 Å². The summed E-state index contributed by atoms with van der Waals surface area (Å²) in [6.07, 6.45) is 2.45. The number of aryl methyl sites for hydroxylation is 2. The molecule has 1 amide bonds. The number of rotatable bonds is 5. The Morgan fingerprint density at radius 2 is 2.39 bits per heavy atom. The van der Waals surface area contributed by atoms with Gasteiger partial charge in [-0.25, -0.2) is 0 Å². The van der Waals surface area contributed by atoms with Gasteiger partial charge in [0.15, 0.2) is 0 Å². The summed E-state index contributed by atoms with van der Waals surface area (Å²) in [5.41, 5.74) is 2.46. The summed E-state index contributed by atoms with van der Waals surface area (Å²) < 4.78 is 5.47. The fourth-order valence-corrected chi connectivity index (χ4v) is 2.07. The van der Waals surface area contributed by atoms with Crippen molar-refractivity contribution in [2.75, 3.05) is 25.0 Å². The molecule has 0 aliphatic carbocycles. The summed E-state index contributed by atoms with van der Waals surface area (Å²) in [6.45, 7) is 5.61. The zero-order valence-electron chi connectivity index (χ0n) is 10.9. The van der Waals surface area contributed by atoms with E-state index in [-0.39, 0.29) is 12.0 Å². The van der Waals surface area contributed by atoms with E-state index in [9.17, 15) is 4.79 Å². The van der Waals surface area contributed by atoms with Crippen molar-refractivity contribution >= 4 is 11.6 Å². The molecule has 0 bridgehead atoms. The van der Waals surface area contributed by atoms with E-state index in [0.717, 1.165) is 43.1 Å². The molecule has 2 heterocycles. The summed E-state index contributed by atoms with van der Waals surface area (Å²) in [6, 6.07) is 0. The molecule has 1 aromatic rings. The highest BCUT2D eigenvalue weighted by Gasteiger charge is 2.15. The van der Waals surface area contributed by atoms with Gasteiger partial charge in [-0.2, -0.15) is 5.10 Å². The molecule has 1 fully saturated rings. The van der Waals surface area contributed by atoms with Gasteiger partial charge in [0.1, 0.15) is 0 Å². The average molecular weight is 252 g/mol. The molecule has 1 aliphatic rings. The minimum Gasteiger partial charge on any atom is -0.377 e. The van der Waals surface area contributed by atoms with E-state index in [2.05, 4.69) is 20.8 Å². The number of nitrogens with one attached hydrogen (secondary N) is 3. The van der Waals surface area contributed by atoms with Crippen LogP contribution in [0.5, 0.6) is 0 Å². The van der Waals surface area contributed by atoms with Crippen molar-refractivity contribution in [2.24, 2.45) is 0 Å². The summed E-state index contributed by atoms with van der Waals surface area (Å²) in [5, 5.41) is 12.8. The van der Waals surface area contributed by atoms with Crippen molar-refractivity contribution in [1.82, 2.24) is 15.5 Å². The average Bonchev–Trinajstić information content (AvgIpc) is 2.94. The number of carbonyl (C=O) groups excluding carboxylic acids is 1. The van der Waals surface area contributed by atoms with Crippen LogP contribution in [0.4, 0.5) is 5.69 Å². The van der Waals surface area contributed by atoms with E-state index >= 15 is 0 Å². The summed E-state index contributed by atoms with van der Waals surface area (Å²) in [4.78, 5) is 11.7. The van der Waals surface area contributed by atoms with Gasteiger partial charge in [-0.1, -0.05) is 0 Å². The lowest BCUT2D eigenvalue weighted by atomic mass is 10.2. The highest BCUT2D eigenvalue weighted by Crippen LogP contribution is 2.15. The van der Waals surface area contributed by atoms with Crippen molar-refractivity contribution in [3.63, 3.8) is 0 Å². The molecule has 6 heteroatoms. The van der Waals surface area contributed by atoms with Gasteiger partial charge in [-0.15, -0.1) is 0 Å². The Labute approximate surface area is 106 Å². The maximum atomic E-state index is 11.7. The second-order valence-electron chi connectivity index (χ2n) is 4.62.